The third kappa shape index (κ3) is 3.12. The molecule has 1 saturated heterocycles. The summed E-state index contributed by atoms with van der Waals surface area (Å²) >= 11 is 0. The van der Waals surface area contributed by atoms with Crippen molar-refractivity contribution in [1.29, 1.82) is 0 Å². The van der Waals surface area contributed by atoms with Crippen molar-refractivity contribution < 1.29 is 14.3 Å². The topological polar surface area (TPSA) is 43.4 Å². The van der Waals surface area contributed by atoms with Gasteiger partial charge in [-0.1, -0.05) is 17.7 Å². The number of carbonyl (C=O) groups is 2. The molecule has 124 valence electrons. The predicted octanol–water partition coefficient (Wildman–Crippen LogP) is 3.81. The van der Waals surface area contributed by atoms with Crippen LogP contribution in [0.25, 0.3) is 0 Å². The molecule has 3 rings (SSSR count). The van der Waals surface area contributed by atoms with Crippen molar-refractivity contribution in [1.82, 2.24) is 0 Å². The highest BCUT2D eigenvalue weighted by atomic mass is 16.5. The van der Waals surface area contributed by atoms with Crippen LogP contribution in [0.15, 0.2) is 12.1 Å². The average Bonchev–Trinajstić information content (AvgIpc) is 2.96. The highest BCUT2D eigenvalue weighted by Gasteiger charge is 2.44. The molecule has 1 aliphatic heterocycles. The van der Waals surface area contributed by atoms with Crippen LogP contribution in [-0.2, 0) is 14.3 Å². The van der Waals surface area contributed by atoms with Crippen molar-refractivity contribution >= 4 is 11.6 Å². The van der Waals surface area contributed by atoms with Gasteiger partial charge >= 0.3 is 0 Å². The van der Waals surface area contributed by atoms with Crippen molar-refractivity contribution in [3.8, 4) is 0 Å². The molecule has 1 saturated carbocycles. The number of benzene rings is 1. The van der Waals surface area contributed by atoms with Crippen molar-refractivity contribution in [2.75, 3.05) is 0 Å². The number of hydrogen-bond donors (Lipinski definition) is 0. The summed E-state index contributed by atoms with van der Waals surface area (Å²) in [5, 5.41) is 0. The van der Waals surface area contributed by atoms with E-state index < -0.39 is 5.92 Å². The van der Waals surface area contributed by atoms with Crippen LogP contribution in [0.3, 0.4) is 0 Å². The van der Waals surface area contributed by atoms with Crippen LogP contribution in [0, 0.1) is 26.7 Å². The molecule has 2 fully saturated rings. The summed E-state index contributed by atoms with van der Waals surface area (Å²) in [5.74, 6) is -0.531. The molecule has 0 bridgehead atoms. The van der Waals surface area contributed by atoms with Gasteiger partial charge in [0, 0.05) is 12.3 Å². The summed E-state index contributed by atoms with van der Waals surface area (Å²) in [6.45, 7) is 8.13. The van der Waals surface area contributed by atoms with E-state index in [4.69, 9.17) is 4.74 Å². The fourth-order valence-corrected chi connectivity index (χ4v) is 4.38. The molecule has 0 amide bonds. The smallest absolute Gasteiger partial charge is 0.151 e. The van der Waals surface area contributed by atoms with Gasteiger partial charge in [-0.3, -0.25) is 9.59 Å². The van der Waals surface area contributed by atoms with Gasteiger partial charge in [0.05, 0.1) is 12.2 Å². The summed E-state index contributed by atoms with van der Waals surface area (Å²) in [6.07, 6.45) is 3.57. The van der Waals surface area contributed by atoms with Gasteiger partial charge in [0.1, 0.15) is 11.7 Å². The number of Topliss-reactive ketones (excluding diaryl/α,β-unsaturated/α-hetero) is 2. The molecule has 4 atom stereocenters. The summed E-state index contributed by atoms with van der Waals surface area (Å²) in [5.41, 5.74) is 4.22. The van der Waals surface area contributed by atoms with Crippen molar-refractivity contribution in [2.24, 2.45) is 5.92 Å². The lowest BCUT2D eigenvalue weighted by atomic mass is 9.86. The van der Waals surface area contributed by atoms with Gasteiger partial charge < -0.3 is 4.74 Å². The predicted molar refractivity (Wildman–Crippen MR) is 89.7 cm³/mol. The fourth-order valence-electron chi connectivity index (χ4n) is 4.38. The Kier molecular flexibility index (Phi) is 4.41. The number of ketones is 2. The molecule has 0 spiro atoms. The van der Waals surface area contributed by atoms with E-state index in [0.29, 0.717) is 12.8 Å². The Morgan fingerprint density at radius 3 is 2.30 bits per heavy atom. The quantitative estimate of drug-likeness (QED) is 0.797. The van der Waals surface area contributed by atoms with Gasteiger partial charge in [0.2, 0.25) is 0 Å². The molecule has 1 aromatic rings. The first-order chi connectivity index (χ1) is 10.9. The minimum Gasteiger partial charge on any atom is -0.375 e. The summed E-state index contributed by atoms with van der Waals surface area (Å²) < 4.78 is 5.85. The molecule has 0 radical (unpaired) electrons. The second kappa shape index (κ2) is 6.20. The fraction of sp³-hybridized carbons (Fsp3) is 0.600. The second-order valence-electron chi connectivity index (χ2n) is 7.40. The van der Waals surface area contributed by atoms with Crippen molar-refractivity contribution in [3.05, 3.63) is 34.4 Å². The Labute approximate surface area is 138 Å². The van der Waals surface area contributed by atoms with E-state index in [1.165, 1.54) is 5.56 Å². The van der Waals surface area contributed by atoms with Crippen LogP contribution in [0.2, 0.25) is 0 Å². The van der Waals surface area contributed by atoms with Crippen LogP contribution in [0.4, 0.5) is 0 Å². The Bertz CT molecular complexity index is 623. The summed E-state index contributed by atoms with van der Waals surface area (Å²) in [4.78, 5) is 25.5. The number of ether oxygens (including phenoxy) is 1. The van der Waals surface area contributed by atoms with Crippen LogP contribution in [0.1, 0.15) is 60.8 Å². The standard InChI is InChI=1S/C20H26O3/c1-11-7-12(2)18(13(3)8-11)19-17(21)10-15(20(19)22)9-16-6-5-14(4)23-16/h7-8,14-16,19H,5-6,9-10H2,1-4H3. The molecule has 3 heteroatoms. The van der Waals surface area contributed by atoms with Crippen LogP contribution in [-0.4, -0.2) is 23.8 Å². The van der Waals surface area contributed by atoms with Crippen molar-refractivity contribution in [3.63, 3.8) is 0 Å². The molecule has 1 heterocycles. The first-order valence-corrected chi connectivity index (χ1v) is 8.66. The Hall–Kier alpha value is -1.48. The molecule has 1 aromatic carbocycles. The lowest BCUT2D eigenvalue weighted by Crippen LogP contribution is -2.21. The van der Waals surface area contributed by atoms with Crippen LogP contribution < -0.4 is 0 Å². The van der Waals surface area contributed by atoms with E-state index >= 15 is 0 Å². The first-order valence-electron chi connectivity index (χ1n) is 8.66. The molecular formula is C20H26O3. The second-order valence-corrected chi connectivity index (χ2v) is 7.40. The van der Waals surface area contributed by atoms with Gasteiger partial charge in [-0.05, 0) is 63.6 Å². The van der Waals surface area contributed by atoms with Crippen molar-refractivity contribution in [2.45, 2.75) is 71.5 Å². The zero-order valence-corrected chi connectivity index (χ0v) is 14.5. The Balaban J connectivity index is 1.82. The maximum atomic E-state index is 12.9. The molecule has 0 aromatic heterocycles. The number of hydrogen-bond acceptors (Lipinski definition) is 3. The summed E-state index contributed by atoms with van der Waals surface area (Å²) in [7, 11) is 0. The third-order valence-corrected chi connectivity index (χ3v) is 5.35. The van der Waals surface area contributed by atoms with Gasteiger partial charge in [-0.2, -0.15) is 0 Å². The highest BCUT2D eigenvalue weighted by Crippen LogP contribution is 2.39. The number of carbonyl (C=O) groups excluding carboxylic acids is 2. The minimum atomic E-state index is -0.556. The van der Waals surface area contributed by atoms with E-state index in [9.17, 15) is 9.59 Å². The number of rotatable bonds is 3. The molecule has 1 aliphatic carbocycles. The third-order valence-electron chi connectivity index (χ3n) is 5.35. The molecular weight excluding hydrogens is 288 g/mol. The SMILES string of the molecule is Cc1cc(C)c(C2C(=O)CC(CC3CCC(C)O3)C2=O)c(C)c1. The lowest BCUT2D eigenvalue weighted by molar-refractivity contribution is -0.125. The van der Waals surface area contributed by atoms with E-state index in [1.54, 1.807) is 0 Å². The molecule has 2 aliphatic rings. The van der Waals surface area contributed by atoms with E-state index in [2.05, 4.69) is 19.1 Å². The Morgan fingerprint density at radius 2 is 1.74 bits per heavy atom. The molecule has 4 unspecified atom stereocenters. The van der Waals surface area contributed by atoms with Gasteiger partial charge in [-0.15, -0.1) is 0 Å². The molecule has 3 nitrogen and oxygen atoms in total. The Morgan fingerprint density at radius 1 is 1.09 bits per heavy atom. The zero-order chi connectivity index (χ0) is 16.7. The summed E-state index contributed by atoms with van der Waals surface area (Å²) in [6, 6.07) is 4.13. The maximum absolute atomic E-state index is 12.9. The monoisotopic (exact) mass is 314 g/mol. The van der Waals surface area contributed by atoms with Gasteiger partial charge in [-0.25, -0.2) is 0 Å². The average molecular weight is 314 g/mol. The van der Waals surface area contributed by atoms with Crippen LogP contribution >= 0.6 is 0 Å². The highest BCUT2D eigenvalue weighted by molar-refractivity contribution is 6.15. The van der Waals surface area contributed by atoms with E-state index in [0.717, 1.165) is 29.5 Å². The zero-order valence-electron chi connectivity index (χ0n) is 14.5. The number of aryl methyl sites for hydroxylation is 3. The van der Waals surface area contributed by atoms with Gasteiger partial charge in [0.25, 0.3) is 0 Å². The molecule has 23 heavy (non-hydrogen) atoms. The maximum Gasteiger partial charge on any atom is 0.151 e. The lowest BCUT2D eigenvalue weighted by Gasteiger charge is -2.18. The van der Waals surface area contributed by atoms with E-state index in [1.807, 2.05) is 20.8 Å². The minimum absolute atomic E-state index is 0.0844. The first kappa shape index (κ1) is 16.4. The van der Waals surface area contributed by atoms with Gasteiger partial charge in [0.15, 0.2) is 5.78 Å². The van der Waals surface area contributed by atoms with E-state index in [-0.39, 0.29) is 29.7 Å². The van der Waals surface area contributed by atoms with Crippen LogP contribution in [0.5, 0.6) is 0 Å². The normalized spacial score (nSPS) is 31.1. The molecule has 0 N–H and O–H groups in total. The largest absolute Gasteiger partial charge is 0.375 e.